The van der Waals surface area contributed by atoms with Gasteiger partial charge in [-0.05, 0) is 37.1 Å². The third-order valence-corrected chi connectivity index (χ3v) is 5.30. The number of anilines is 2. The highest BCUT2D eigenvalue weighted by Gasteiger charge is 2.29. The Hall–Kier alpha value is -2.71. The molecule has 0 spiro atoms. The molecule has 0 unspecified atom stereocenters. The first-order valence-corrected chi connectivity index (χ1v) is 9.11. The number of benzene rings is 1. The summed E-state index contributed by atoms with van der Waals surface area (Å²) in [6.07, 6.45) is 4.00. The summed E-state index contributed by atoms with van der Waals surface area (Å²) in [5.41, 5.74) is 0.925. The summed E-state index contributed by atoms with van der Waals surface area (Å²) in [5, 5.41) is 13.5. The molecule has 9 heteroatoms. The Morgan fingerprint density at radius 2 is 1.79 bits per heavy atom. The number of halogens is 1. The van der Waals surface area contributed by atoms with Crippen molar-refractivity contribution < 1.29 is 9.72 Å². The third-order valence-electron chi connectivity index (χ3n) is 5.30. The van der Waals surface area contributed by atoms with Crippen molar-refractivity contribution in [1.29, 1.82) is 0 Å². The molecule has 3 saturated heterocycles. The van der Waals surface area contributed by atoms with Crippen molar-refractivity contribution in [2.24, 2.45) is 0 Å². The Bertz CT molecular complexity index is 836. The predicted molar refractivity (Wildman–Crippen MR) is 109 cm³/mol. The molecule has 8 nitrogen and oxygen atoms in total. The number of nitro benzene ring substituents is 1. The summed E-state index contributed by atoms with van der Waals surface area (Å²) >= 11 is 0. The lowest BCUT2D eigenvalue weighted by molar-refractivity contribution is -0.384. The topological polar surface area (TPSA) is 91.6 Å². The number of non-ortho nitro benzene ring substituents is 1. The Morgan fingerprint density at radius 1 is 1.07 bits per heavy atom. The van der Waals surface area contributed by atoms with Gasteiger partial charge in [-0.1, -0.05) is 0 Å². The quantitative estimate of drug-likeness (QED) is 0.623. The van der Waals surface area contributed by atoms with Crippen molar-refractivity contribution >= 4 is 35.5 Å². The number of carbonyl (C=O) groups is 1. The minimum absolute atomic E-state index is 0. The Morgan fingerprint density at radius 3 is 2.39 bits per heavy atom. The number of nitrogens with zero attached hydrogens (tertiary/aromatic N) is 4. The van der Waals surface area contributed by atoms with Crippen molar-refractivity contribution in [3.63, 3.8) is 0 Å². The van der Waals surface area contributed by atoms with Crippen LogP contribution in [-0.2, 0) is 0 Å². The lowest BCUT2D eigenvalue weighted by Crippen LogP contribution is -2.38. The minimum Gasteiger partial charge on any atom is -0.352 e. The summed E-state index contributed by atoms with van der Waals surface area (Å²) in [6.45, 7) is 4.36. The van der Waals surface area contributed by atoms with E-state index in [1.54, 1.807) is 6.20 Å². The molecule has 3 aliphatic heterocycles. The maximum atomic E-state index is 12.3. The van der Waals surface area contributed by atoms with E-state index in [0.717, 1.165) is 32.0 Å². The van der Waals surface area contributed by atoms with Gasteiger partial charge in [0.15, 0.2) is 0 Å². The molecule has 0 aliphatic carbocycles. The number of hydrogen-bond acceptors (Lipinski definition) is 6. The van der Waals surface area contributed by atoms with Gasteiger partial charge in [0, 0.05) is 49.9 Å². The van der Waals surface area contributed by atoms with Gasteiger partial charge >= 0.3 is 0 Å². The number of piperidine rings is 1. The van der Waals surface area contributed by atoms with E-state index < -0.39 is 4.92 Å². The lowest BCUT2D eigenvalue weighted by atomic mass is 10.1. The molecule has 1 amide bonds. The van der Waals surface area contributed by atoms with Gasteiger partial charge in [0.1, 0.15) is 5.82 Å². The number of fused-ring (bicyclic) bond motifs is 4. The number of nitro groups is 1. The van der Waals surface area contributed by atoms with Crippen LogP contribution in [0.1, 0.15) is 23.2 Å². The molecule has 1 N–H and O–H groups in total. The highest BCUT2D eigenvalue weighted by Crippen LogP contribution is 2.26. The van der Waals surface area contributed by atoms with E-state index in [4.69, 9.17) is 0 Å². The number of amides is 1. The zero-order chi connectivity index (χ0) is 18.8. The second kappa shape index (κ2) is 8.53. The average molecular weight is 404 g/mol. The molecular weight excluding hydrogens is 382 g/mol. The summed E-state index contributed by atoms with van der Waals surface area (Å²) in [7, 11) is 0. The first-order chi connectivity index (χ1) is 13.1. The number of rotatable bonds is 4. The van der Waals surface area contributed by atoms with E-state index in [9.17, 15) is 14.9 Å². The molecule has 2 aromatic rings. The van der Waals surface area contributed by atoms with Crippen LogP contribution in [0.3, 0.4) is 0 Å². The number of hydrogen-bond donors (Lipinski definition) is 1. The highest BCUT2D eigenvalue weighted by atomic mass is 35.5. The minimum atomic E-state index is -0.489. The highest BCUT2D eigenvalue weighted by molar-refractivity contribution is 6.04. The number of carbonyl (C=O) groups excluding carboxylic acids is 1. The van der Waals surface area contributed by atoms with Gasteiger partial charge in [-0.2, -0.15) is 0 Å². The molecule has 3 aliphatic rings. The van der Waals surface area contributed by atoms with E-state index >= 15 is 0 Å². The van der Waals surface area contributed by atoms with Gasteiger partial charge < -0.3 is 15.1 Å². The second-order valence-electron chi connectivity index (χ2n) is 6.93. The zero-order valence-corrected chi connectivity index (χ0v) is 16.1. The molecule has 148 valence electrons. The van der Waals surface area contributed by atoms with Crippen LogP contribution < -0.4 is 10.2 Å². The van der Waals surface area contributed by atoms with Crippen LogP contribution in [0.4, 0.5) is 17.2 Å². The molecule has 0 radical (unpaired) electrons. The fourth-order valence-corrected chi connectivity index (χ4v) is 3.76. The van der Waals surface area contributed by atoms with E-state index in [1.165, 1.54) is 37.1 Å². The number of nitrogens with one attached hydrogen (secondary N) is 1. The fourth-order valence-electron chi connectivity index (χ4n) is 3.76. The first-order valence-electron chi connectivity index (χ1n) is 9.11. The van der Waals surface area contributed by atoms with Crippen LogP contribution >= 0.6 is 12.4 Å². The van der Waals surface area contributed by atoms with Gasteiger partial charge in [-0.15, -0.1) is 12.4 Å². The molecule has 5 rings (SSSR count). The molecule has 0 atom stereocenters. The van der Waals surface area contributed by atoms with Crippen LogP contribution in [0.25, 0.3) is 0 Å². The third kappa shape index (κ3) is 4.23. The molecule has 3 fully saturated rings. The number of pyridine rings is 1. The SMILES string of the molecule is Cl.O=C(Nc1ccc(N2CCN3CCC2CC3)nc1)c1ccc([N+](=O)[O-])cc1. The van der Waals surface area contributed by atoms with Crippen molar-refractivity contribution in [3.05, 3.63) is 58.3 Å². The summed E-state index contributed by atoms with van der Waals surface area (Å²) < 4.78 is 0. The van der Waals surface area contributed by atoms with Crippen molar-refractivity contribution in [2.75, 3.05) is 36.4 Å². The fraction of sp³-hybridized carbons (Fsp3) is 0.368. The summed E-state index contributed by atoms with van der Waals surface area (Å²) in [6, 6.07) is 9.86. The molecule has 4 heterocycles. The van der Waals surface area contributed by atoms with Crippen LogP contribution in [0, 0.1) is 10.1 Å². The molecule has 28 heavy (non-hydrogen) atoms. The number of aromatic nitrogens is 1. The predicted octanol–water partition coefficient (Wildman–Crippen LogP) is 2.95. The monoisotopic (exact) mass is 403 g/mol. The Labute approximate surface area is 169 Å². The van der Waals surface area contributed by atoms with Gasteiger partial charge in [0.05, 0.1) is 16.8 Å². The van der Waals surface area contributed by atoms with Gasteiger partial charge in [-0.3, -0.25) is 14.9 Å². The van der Waals surface area contributed by atoms with Crippen LogP contribution in [-0.4, -0.2) is 52.9 Å². The Kier molecular flexibility index (Phi) is 6.11. The Balaban J connectivity index is 0.00000225. The van der Waals surface area contributed by atoms with Crippen LogP contribution in [0.15, 0.2) is 42.6 Å². The van der Waals surface area contributed by atoms with Crippen molar-refractivity contribution in [3.8, 4) is 0 Å². The first kappa shape index (κ1) is 20.0. The van der Waals surface area contributed by atoms with E-state index in [0.29, 0.717) is 17.3 Å². The maximum absolute atomic E-state index is 12.3. The molecule has 0 saturated carbocycles. The second-order valence-corrected chi connectivity index (χ2v) is 6.93. The average Bonchev–Trinajstić information content (AvgIpc) is 3.02. The van der Waals surface area contributed by atoms with Gasteiger partial charge in [0.2, 0.25) is 0 Å². The summed E-state index contributed by atoms with van der Waals surface area (Å²) in [5.74, 6) is 0.623. The van der Waals surface area contributed by atoms with Crippen LogP contribution in [0.2, 0.25) is 0 Å². The van der Waals surface area contributed by atoms with Gasteiger partial charge in [-0.25, -0.2) is 4.98 Å². The normalized spacial score (nSPS) is 20.8. The van der Waals surface area contributed by atoms with Crippen LogP contribution in [0.5, 0.6) is 0 Å². The molecular formula is C19H22ClN5O3. The lowest BCUT2D eigenvalue weighted by Gasteiger charge is -2.32. The van der Waals surface area contributed by atoms with E-state index in [-0.39, 0.29) is 24.0 Å². The molecule has 1 aromatic carbocycles. The van der Waals surface area contributed by atoms with Gasteiger partial charge in [0.25, 0.3) is 11.6 Å². The van der Waals surface area contributed by atoms with E-state index in [1.807, 2.05) is 12.1 Å². The summed E-state index contributed by atoms with van der Waals surface area (Å²) in [4.78, 5) is 31.9. The molecule has 1 aromatic heterocycles. The van der Waals surface area contributed by atoms with E-state index in [2.05, 4.69) is 20.1 Å². The maximum Gasteiger partial charge on any atom is 0.269 e. The standard InChI is InChI=1S/C19H21N5O3.ClH/c25-19(14-1-4-17(5-2-14)24(26)27)21-15-3-6-18(20-13-15)23-12-11-22-9-7-16(23)8-10-22;/h1-6,13,16H,7-12H2,(H,21,25);1H. The molecule has 2 bridgehead atoms. The largest absolute Gasteiger partial charge is 0.352 e. The zero-order valence-electron chi connectivity index (χ0n) is 15.3. The van der Waals surface area contributed by atoms with Crippen molar-refractivity contribution in [2.45, 2.75) is 18.9 Å². The smallest absolute Gasteiger partial charge is 0.269 e. The van der Waals surface area contributed by atoms with Crippen molar-refractivity contribution in [1.82, 2.24) is 9.88 Å².